The molecule has 0 spiro atoms. The standard InChI is InChI=1S/C15H21F2N3O/c1-3-10-9-20(7-6-13(10)18-2)15(21)19-14-5-4-11(16)8-12(14)17/h4-5,8,10,13,18H,3,6-7,9H2,1-2H3,(H,19,21). The van der Waals surface area contributed by atoms with Crippen molar-refractivity contribution in [3.05, 3.63) is 29.8 Å². The van der Waals surface area contributed by atoms with E-state index in [2.05, 4.69) is 17.6 Å². The molecule has 4 nitrogen and oxygen atoms in total. The summed E-state index contributed by atoms with van der Waals surface area (Å²) < 4.78 is 26.4. The van der Waals surface area contributed by atoms with E-state index in [1.54, 1.807) is 4.90 Å². The molecule has 2 N–H and O–H groups in total. The SMILES string of the molecule is CCC1CN(C(=O)Nc2ccc(F)cc2F)CCC1NC. The number of hydrogen-bond acceptors (Lipinski definition) is 2. The van der Waals surface area contributed by atoms with Crippen molar-refractivity contribution in [1.82, 2.24) is 10.2 Å². The minimum Gasteiger partial charge on any atom is -0.324 e. The van der Waals surface area contributed by atoms with Crippen LogP contribution in [0, 0.1) is 17.6 Å². The summed E-state index contributed by atoms with van der Waals surface area (Å²) in [6.45, 7) is 3.35. The molecule has 116 valence electrons. The van der Waals surface area contributed by atoms with Crippen molar-refractivity contribution < 1.29 is 13.6 Å². The monoisotopic (exact) mass is 297 g/mol. The first-order valence-electron chi connectivity index (χ1n) is 7.23. The Morgan fingerprint density at radius 1 is 1.43 bits per heavy atom. The predicted octanol–water partition coefficient (Wildman–Crippen LogP) is 2.82. The molecule has 0 bridgehead atoms. The van der Waals surface area contributed by atoms with E-state index >= 15 is 0 Å². The van der Waals surface area contributed by atoms with E-state index < -0.39 is 11.6 Å². The molecule has 2 unspecified atom stereocenters. The number of benzene rings is 1. The van der Waals surface area contributed by atoms with Gasteiger partial charge in [-0.25, -0.2) is 13.6 Å². The molecular formula is C15H21F2N3O. The highest BCUT2D eigenvalue weighted by Gasteiger charge is 2.29. The van der Waals surface area contributed by atoms with E-state index in [4.69, 9.17) is 0 Å². The topological polar surface area (TPSA) is 44.4 Å². The van der Waals surface area contributed by atoms with Crippen molar-refractivity contribution >= 4 is 11.7 Å². The van der Waals surface area contributed by atoms with Crippen LogP contribution in [0.25, 0.3) is 0 Å². The Balaban J connectivity index is 2.00. The predicted molar refractivity (Wildman–Crippen MR) is 78.2 cm³/mol. The van der Waals surface area contributed by atoms with E-state index in [1.807, 2.05) is 7.05 Å². The second-order valence-electron chi connectivity index (χ2n) is 5.35. The van der Waals surface area contributed by atoms with Gasteiger partial charge < -0.3 is 15.5 Å². The zero-order valence-corrected chi connectivity index (χ0v) is 12.3. The number of urea groups is 1. The Morgan fingerprint density at radius 2 is 2.19 bits per heavy atom. The number of carbonyl (C=O) groups is 1. The summed E-state index contributed by atoms with van der Waals surface area (Å²) in [5.74, 6) is -1.04. The van der Waals surface area contributed by atoms with Crippen molar-refractivity contribution in [3.63, 3.8) is 0 Å². The fourth-order valence-corrected chi connectivity index (χ4v) is 2.80. The second-order valence-corrected chi connectivity index (χ2v) is 5.35. The van der Waals surface area contributed by atoms with Gasteiger partial charge in [0.1, 0.15) is 11.6 Å². The van der Waals surface area contributed by atoms with Gasteiger partial charge in [0.2, 0.25) is 0 Å². The molecule has 1 aliphatic rings. The number of nitrogens with one attached hydrogen (secondary N) is 2. The molecule has 1 aromatic carbocycles. The first-order chi connectivity index (χ1) is 10.0. The molecule has 0 radical (unpaired) electrons. The molecule has 0 aliphatic carbocycles. The number of carbonyl (C=O) groups excluding carboxylic acids is 1. The van der Waals surface area contributed by atoms with Gasteiger partial charge in [-0.1, -0.05) is 13.3 Å². The van der Waals surface area contributed by atoms with Gasteiger partial charge in [-0.15, -0.1) is 0 Å². The average molecular weight is 297 g/mol. The van der Waals surface area contributed by atoms with Crippen LogP contribution in [0.4, 0.5) is 19.3 Å². The second kappa shape index (κ2) is 6.85. The Hall–Kier alpha value is -1.69. The Kier molecular flexibility index (Phi) is 5.12. The van der Waals surface area contributed by atoms with Crippen LogP contribution >= 0.6 is 0 Å². The molecule has 2 rings (SSSR count). The number of nitrogens with zero attached hydrogens (tertiary/aromatic N) is 1. The summed E-state index contributed by atoms with van der Waals surface area (Å²) in [5.41, 5.74) is 0.00480. The van der Waals surface area contributed by atoms with Crippen LogP contribution in [-0.4, -0.2) is 37.1 Å². The zero-order valence-electron chi connectivity index (χ0n) is 12.3. The number of halogens is 2. The molecular weight excluding hydrogens is 276 g/mol. The summed E-state index contributed by atoms with van der Waals surface area (Å²) in [5, 5.41) is 5.78. The quantitative estimate of drug-likeness (QED) is 0.901. The van der Waals surface area contributed by atoms with Crippen LogP contribution in [0.5, 0.6) is 0 Å². The van der Waals surface area contributed by atoms with Gasteiger partial charge in [0.25, 0.3) is 0 Å². The average Bonchev–Trinajstić information content (AvgIpc) is 2.49. The summed E-state index contributed by atoms with van der Waals surface area (Å²) in [7, 11) is 1.93. The molecule has 21 heavy (non-hydrogen) atoms. The molecule has 1 aliphatic heterocycles. The number of likely N-dealkylation sites (tertiary alicyclic amines) is 1. The van der Waals surface area contributed by atoms with Gasteiger partial charge in [-0.05, 0) is 31.5 Å². The third-order valence-electron chi connectivity index (χ3n) is 4.09. The molecule has 1 aromatic rings. The van der Waals surface area contributed by atoms with E-state index in [1.165, 1.54) is 6.07 Å². The maximum Gasteiger partial charge on any atom is 0.321 e. The molecule has 1 fully saturated rings. The molecule has 2 atom stereocenters. The van der Waals surface area contributed by atoms with Crippen LogP contribution in [0.1, 0.15) is 19.8 Å². The van der Waals surface area contributed by atoms with E-state index in [-0.39, 0.29) is 11.7 Å². The third kappa shape index (κ3) is 3.69. The molecule has 6 heteroatoms. The van der Waals surface area contributed by atoms with Crippen molar-refractivity contribution in [2.75, 3.05) is 25.5 Å². The number of amides is 2. The van der Waals surface area contributed by atoms with Gasteiger partial charge in [0.05, 0.1) is 5.69 Å². The lowest BCUT2D eigenvalue weighted by Gasteiger charge is -2.38. The molecule has 0 aromatic heterocycles. The number of rotatable bonds is 3. The van der Waals surface area contributed by atoms with Crippen LogP contribution in [0.15, 0.2) is 18.2 Å². The maximum absolute atomic E-state index is 13.6. The number of hydrogen-bond donors (Lipinski definition) is 2. The van der Waals surface area contributed by atoms with Crippen molar-refractivity contribution in [2.24, 2.45) is 5.92 Å². The van der Waals surface area contributed by atoms with Crippen LogP contribution in [0.2, 0.25) is 0 Å². The first kappa shape index (κ1) is 15.7. The van der Waals surface area contributed by atoms with E-state index in [9.17, 15) is 13.6 Å². The fraction of sp³-hybridized carbons (Fsp3) is 0.533. The van der Waals surface area contributed by atoms with Crippen LogP contribution in [-0.2, 0) is 0 Å². The fourth-order valence-electron chi connectivity index (χ4n) is 2.80. The van der Waals surface area contributed by atoms with Gasteiger partial charge >= 0.3 is 6.03 Å². The van der Waals surface area contributed by atoms with Gasteiger partial charge in [0.15, 0.2) is 0 Å². The van der Waals surface area contributed by atoms with Gasteiger partial charge in [0, 0.05) is 25.2 Å². The summed E-state index contributed by atoms with van der Waals surface area (Å²) >= 11 is 0. The number of piperidine rings is 1. The zero-order chi connectivity index (χ0) is 15.4. The lowest BCUT2D eigenvalue weighted by atomic mass is 9.90. The minimum atomic E-state index is -0.763. The van der Waals surface area contributed by atoms with Gasteiger partial charge in [-0.2, -0.15) is 0 Å². The Bertz CT molecular complexity index is 510. The highest BCUT2D eigenvalue weighted by atomic mass is 19.1. The largest absolute Gasteiger partial charge is 0.324 e. The lowest BCUT2D eigenvalue weighted by Crippen LogP contribution is -2.51. The smallest absolute Gasteiger partial charge is 0.321 e. The molecule has 1 heterocycles. The lowest BCUT2D eigenvalue weighted by molar-refractivity contribution is 0.154. The maximum atomic E-state index is 13.6. The van der Waals surface area contributed by atoms with Crippen molar-refractivity contribution in [1.29, 1.82) is 0 Å². The van der Waals surface area contributed by atoms with Crippen molar-refractivity contribution in [3.8, 4) is 0 Å². The summed E-state index contributed by atoms with van der Waals surface area (Å²) in [6, 6.07) is 3.19. The highest BCUT2D eigenvalue weighted by molar-refractivity contribution is 5.89. The van der Waals surface area contributed by atoms with Crippen molar-refractivity contribution in [2.45, 2.75) is 25.8 Å². The highest BCUT2D eigenvalue weighted by Crippen LogP contribution is 2.21. The summed E-state index contributed by atoms with van der Waals surface area (Å²) in [6.07, 6.45) is 1.84. The minimum absolute atomic E-state index is 0.00480. The Morgan fingerprint density at radius 3 is 2.81 bits per heavy atom. The summed E-state index contributed by atoms with van der Waals surface area (Å²) in [4.78, 5) is 13.9. The third-order valence-corrected chi connectivity index (χ3v) is 4.09. The molecule has 0 saturated carbocycles. The molecule has 1 saturated heterocycles. The van der Waals surface area contributed by atoms with Crippen LogP contribution < -0.4 is 10.6 Å². The first-order valence-corrected chi connectivity index (χ1v) is 7.23. The van der Waals surface area contributed by atoms with E-state index in [0.717, 1.165) is 25.0 Å². The number of anilines is 1. The Labute approximate surface area is 123 Å². The van der Waals surface area contributed by atoms with Gasteiger partial charge in [-0.3, -0.25) is 0 Å². The van der Waals surface area contributed by atoms with E-state index in [0.29, 0.717) is 25.0 Å². The molecule has 2 amide bonds. The normalized spacial score (nSPS) is 22.2. The van der Waals surface area contributed by atoms with Crippen LogP contribution in [0.3, 0.4) is 0 Å².